The lowest BCUT2D eigenvalue weighted by Gasteiger charge is -2.30. The fraction of sp³-hybridized carbons (Fsp3) is 0.580. The number of aliphatic hydroxyl groups is 1. The van der Waals surface area contributed by atoms with Crippen LogP contribution in [0.4, 0.5) is 0 Å². The van der Waals surface area contributed by atoms with Gasteiger partial charge in [-0.05, 0) is 89.9 Å². The van der Waals surface area contributed by atoms with Gasteiger partial charge in [-0.3, -0.25) is 9.36 Å². The molecule has 0 spiro atoms. The first-order chi connectivity index (χ1) is 28.5. The number of nitrogens with one attached hydrogen (secondary N) is 1. The number of likely N-dealkylation sites (N-methyl/N-ethyl adjacent to an activating group) is 1. The molecule has 0 aromatic heterocycles. The minimum Gasteiger partial charge on any atom is -0.756 e. The molecule has 3 atom stereocenters. The minimum atomic E-state index is -4.57. The zero-order chi connectivity index (χ0) is 43.6. The van der Waals surface area contributed by atoms with Crippen LogP contribution in [-0.2, 0) is 18.4 Å². The van der Waals surface area contributed by atoms with Gasteiger partial charge < -0.3 is 28.8 Å². The van der Waals surface area contributed by atoms with Crippen LogP contribution >= 0.6 is 7.82 Å². The Morgan fingerprint density at radius 3 is 1.44 bits per heavy atom. The number of quaternary nitrogens is 1. The van der Waals surface area contributed by atoms with Gasteiger partial charge in [0.2, 0.25) is 5.91 Å². The molecule has 8 nitrogen and oxygen atoms in total. The Labute approximate surface area is 361 Å². The number of amides is 1. The van der Waals surface area contributed by atoms with Gasteiger partial charge in [0.25, 0.3) is 7.82 Å². The molecule has 0 aliphatic carbocycles. The van der Waals surface area contributed by atoms with Crippen LogP contribution in [0, 0.1) is 0 Å². The zero-order valence-electron chi connectivity index (χ0n) is 37.6. The van der Waals surface area contributed by atoms with Crippen molar-refractivity contribution in [3.05, 3.63) is 122 Å². The van der Waals surface area contributed by atoms with E-state index in [2.05, 4.69) is 141 Å². The van der Waals surface area contributed by atoms with E-state index in [0.717, 1.165) is 103 Å². The molecule has 3 unspecified atom stereocenters. The molecule has 9 heteroatoms. The fourth-order valence-electron chi connectivity index (χ4n) is 5.42. The molecule has 0 heterocycles. The lowest BCUT2D eigenvalue weighted by molar-refractivity contribution is -0.870. The molecule has 0 saturated heterocycles. The second kappa shape index (κ2) is 40.3. The van der Waals surface area contributed by atoms with E-state index in [4.69, 9.17) is 9.05 Å². The standard InChI is InChI=1S/C50H83N2O6P/c1-6-8-10-12-13-14-15-16-17-18-19-20-21-22-23-24-25-26-27-28-29-30-31-32-33-34-35-36-37-38-39-40-42-44-50(54)51-48(49(53)43-41-11-9-7-2)47-58-59(55,56)57-46-45-52(3,4)5/h8,10,13-14,16-17,19-20,22-23,25-26,28-29,31-32,34-35,37-38,48-49,53H,6-7,9,11-12,15,18,21,24,27,30,33,36,39-47H2,1-5H3,(H-,51,54,55,56)/b10-8-,14-13-,17-16-,20-19-,23-22-,26-25-,29-28-,32-31-,35-34-,38-37-. The van der Waals surface area contributed by atoms with E-state index in [1.165, 1.54) is 0 Å². The summed E-state index contributed by atoms with van der Waals surface area (Å²) in [7, 11) is 1.24. The molecule has 0 radical (unpaired) electrons. The molecule has 2 N–H and O–H groups in total. The average Bonchev–Trinajstić information content (AvgIpc) is 3.19. The topological polar surface area (TPSA) is 108 Å². The predicted octanol–water partition coefficient (Wildman–Crippen LogP) is 12.1. The van der Waals surface area contributed by atoms with Gasteiger partial charge in [-0.25, -0.2) is 0 Å². The summed E-state index contributed by atoms with van der Waals surface area (Å²) in [5.74, 6) is -0.224. The van der Waals surface area contributed by atoms with E-state index in [0.29, 0.717) is 30.3 Å². The van der Waals surface area contributed by atoms with Crippen molar-refractivity contribution in [1.82, 2.24) is 5.32 Å². The quantitative estimate of drug-likeness (QED) is 0.0277. The highest BCUT2D eigenvalue weighted by molar-refractivity contribution is 7.45. The SMILES string of the molecule is CC/C=C\C/C=C\C/C=C\C/C=C\C/C=C\C/C=C\C/C=C\C/C=C\C/C=C\C/C=C\CCCCC(=O)NC(COP(=O)([O-])OCC[N+](C)(C)C)C(O)CCCCCC. The number of carbonyl (C=O) groups is 1. The molecule has 334 valence electrons. The molecular weight excluding hydrogens is 756 g/mol. The third kappa shape index (κ3) is 42.8. The number of hydrogen-bond donors (Lipinski definition) is 2. The van der Waals surface area contributed by atoms with Crippen molar-refractivity contribution in [2.75, 3.05) is 40.9 Å². The predicted molar refractivity (Wildman–Crippen MR) is 251 cm³/mol. The van der Waals surface area contributed by atoms with Crippen LogP contribution in [-0.4, -0.2) is 68.5 Å². The number of phosphoric ester groups is 1. The summed E-state index contributed by atoms with van der Waals surface area (Å²) in [6.45, 7) is 4.40. The third-order valence-electron chi connectivity index (χ3n) is 8.96. The van der Waals surface area contributed by atoms with E-state index < -0.39 is 20.0 Å². The number of rotatable bonds is 38. The Balaban J connectivity index is 4.12. The maximum atomic E-state index is 12.7. The smallest absolute Gasteiger partial charge is 0.268 e. The Kier molecular flexibility index (Phi) is 38.2. The summed E-state index contributed by atoms with van der Waals surface area (Å²) in [6, 6.07) is -0.828. The fourth-order valence-corrected chi connectivity index (χ4v) is 6.14. The van der Waals surface area contributed by atoms with Crippen LogP contribution in [0.1, 0.15) is 136 Å². The maximum Gasteiger partial charge on any atom is 0.268 e. The summed E-state index contributed by atoms with van der Waals surface area (Å²) < 4.78 is 23.0. The first-order valence-electron chi connectivity index (χ1n) is 22.4. The Morgan fingerprint density at radius 2 is 1.03 bits per heavy atom. The molecule has 0 aliphatic rings. The van der Waals surface area contributed by atoms with Gasteiger partial charge in [-0.15, -0.1) is 0 Å². The van der Waals surface area contributed by atoms with E-state index in [9.17, 15) is 19.4 Å². The number of aliphatic hydroxyl groups excluding tert-OH is 1. The van der Waals surface area contributed by atoms with E-state index >= 15 is 0 Å². The van der Waals surface area contributed by atoms with Gasteiger partial charge in [0.05, 0.1) is 39.9 Å². The van der Waals surface area contributed by atoms with Crippen molar-refractivity contribution < 1.29 is 32.9 Å². The van der Waals surface area contributed by atoms with Crippen molar-refractivity contribution in [1.29, 1.82) is 0 Å². The summed E-state index contributed by atoms with van der Waals surface area (Å²) in [4.78, 5) is 25.0. The summed E-state index contributed by atoms with van der Waals surface area (Å²) in [5.41, 5.74) is 0. The van der Waals surface area contributed by atoms with Gasteiger partial charge in [0.1, 0.15) is 13.2 Å². The number of nitrogens with zero attached hydrogens (tertiary/aromatic N) is 1. The molecule has 0 aliphatic heterocycles. The van der Waals surface area contributed by atoms with Crippen LogP contribution in [0.3, 0.4) is 0 Å². The largest absolute Gasteiger partial charge is 0.756 e. The van der Waals surface area contributed by atoms with Gasteiger partial charge in [-0.2, -0.15) is 0 Å². The molecule has 0 rings (SSSR count). The first-order valence-corrected chi connectivity index (χ1v) is 23.8. The molecule has 0 bridgehead atoms. The van der Waals surface area contributed by atoms with Crippen molar-refractivity contribution in [3.63, 3.8) is 0 Å². The second-order valence-electron chi connectivity index (χ2n) is 15.7. The normalized spacial score (nSPS) is 15.4. The van der Waals surface area contributed by atoms with Crippen molar-refractivity contribution in [2.45, 2.75) is 148 Å². The van der Waals surface area contributed by atoms with Crippen LogP contribution in [0.15, 0.2) is 122 Å². The summed E-state index contributed by atoms with van der Waals surface area (Å²) in [6.07, 6.45) is 60.0. The molecule has 59 heavy (non-hydrogen) atoms. The first kappa shape index (κ1) is 55.9. The lowest BCUT2D eigenvalue weighted by Crippen LogP contribution is -2.46. The average molecular weight is 839 g/mol. The molecule has 0 aromatic rings. The number of allylic oxidation sites excluding steroid dienone is 20. The number of phosphoric acid groups is 1. The van der Waals surface area contributed by atoms with E-state index in [-0.39, 0.29) is 19.1 Å². The summed E-state index contributed by atoms with van der Waals surface area (Å²) in [5, 5.41) is 13.6. The van der Waals surface area contributed by atoms with Gasteiger partial charge in [-0.1, -0.05) is 161 Å². The van der Waals surface area contributed by atoms with Crippen LogP contribution in [0.2, 0.25) is 0 Å². The van der Waals surface area contributed by atoms with Gasteiger partial charge >= 0.3 is 0 Å². The Bertz CT molecular complexity index is 1370. The van der Waals surface area contributed by atoms with E-state index in [1.54, 1.807) is 0 Å². The van der Waals surface area contributed by atoms with Crippen molar-refractivity contribution in [3.8, 4) is 0 Å². The molecule has 0 aromatic carbocycles. The van der Waals surface area contributed by atoms with Crippen LogP contribution < -0.4 is 10.2 Å². The van der Waals surface area contributed by atoms with E-state index in [1.807, 2.05) is 21.1 Å². The minimum absolute atomic E-state index is 0.00526. The highest BCUT2D eigenvalue weighted by Crippen LogP contribution is 2.38. The molecule has 0 fully saturated rings. The van der Waals surface area contributed by atoms with Crippen molar-refractivity contribution >= 4 is 13.7 Å². The summed E-state index contributed by atoms with van der Waals surface area (Å²) >= 11 is 0. The highest BCUT2D eigenvalue weighted by Gasteiger charge is 2.24. The molecular formula is C50H83N2O6P. The number of carbonyl (C=O) groups excluding carboxylic acids is 1. The number of unbranched alkanes of at least 4 members (excludes halogenated alkanes) is 5. The molecule has 0 saturated carbocycles. The Morgan fingerprint density at radius 1 is 0.610 bits per heavy atom. The number of hydrogen-bond acceptors (Lipinski definition) is 6. The van der Waals surface area contributed by atoms with Crippen LogP contribution in [0.5, 0.6) is 0 Å². The lowest BCUT2D eigenvalue weighted by atomic mass is 10.0. The molecule has 1 amide bonds. The Hall–Kier alpha value is -3.10. The van der Waals surface area contributed by atoms with Crippen molar-refractivity contribution in [2.24, 2.45) is 0 Å². The monoisotopic (exact) mass is 839 g/mol. The van der Waals surface area contributed by atoms with Gasteiger partial charge in [0.15, 0.2) is 0 Å². The van der Waals surface area contributed by atoms with Gasteiger partial charge in [0, 0.05) is 6.42 Å². The highest BCUT2D eigenvalue weighted by atomic mass is 31.2. The second-order valence-corrected chi connectivity index (χ2v) is 17.1. The third-order valence-corrected chi connectivity index (χ3v) is 9.93. The van der Waals surface area contributed by atoms with Crippen LogP contribution in [0.25, 0.3) is 0 Å². The maximum absolute atomic E-state index is 12.7. The zero-order valence-corrected chi connectivity index (χ0v) is 38.5.